The van der Waals surface area contributed by atoms with Gasteiger partial charge in [0, 0.05) is 10.6 Å². The summed E-state index contributed by atoms with van der Waals surface area (Å²) in [5, 5.41) is 0.614. The van der Waals surface area contributed by atoms with E-state index in [9.17, 15) is 8.42 Å². The smallest absolute Gasteiger partial charge is 0.212 e. The summed E-state index contributed by atoms with van der Waals surface area (Å²) in [4.78, 5) is 0. The number of hydrogen-bond acceptors (Lipinski definition) is 2. The molecule has 0 aliphatic carbocycles. The summed E-state index contributed by atoms with van der Waals surface area (Å²) in [6.07, 6.45) is 0.594. The summed E-state index contributed by atoms with van der Waals surface area (Å²) in [5.74, 6) is 5.71. The molecule has 0 aliphatic heterocycles. The number of benzene rings is 1. The third-order valence-corrected chi connectivity index (χ3v) is 3.68. The Morgan fingerprint density at radius 2 is 2.18 bits per heavy atom. The van der Waals surface area contributed by atoms with Gasteiger partial charge in [-0.1, -0.05) is 36.4 Å². The molecule has 1 aromatic rings. The maximum atomic E-state index is 11.3. The van der Waals surface area contributed by atoms with Crippen molar-refractivity contribution in [2.24, 2.45) is 0 Å². The molecule has 0 radical (unpaired) electrons. The Bertz CT molecular complexity index is 529. The van der Waals surface area contributed by atoms with Crippen LogP contribution in [0.1, 0.15) is 18.9 Å². The van der Waals surface area contributed by atoms with Crippen molar-refractivity contribution in [3.8, 4) is 11.8 Å². The molecular weight excluding hydrogens is 258 g/mol. The summed E-state index contributed by atoms with van der Waals surface area (Å²) in [5.41, 5.74) is 0.771. The van der Waals surface area contributed by atoms with E-state index >= 15 is 0 Å². The molecule has 0 aliphatic rings. The maximum Gasteiger partial charge on any atom is 0.212 e. The Morgan fingerprint density at radius 1 is 1.41 bits per heavy atom. The largest absolute Gasteiger partial charge is 0.212 e. The van der Waals surface area contributed by atoms with Gasteiger partial charge >= 0.3 is 0 Å². The Labute approximate surface area is 107 Å². The standard InChI is InChI=1S/C12H14ClNO2S/c1-2-9-17(15,16)14-8-4-6-11-5-3-7-12(13)10-11/h3,5,7,10,14H,2,8-9H2,1H3. The zero-order valence-electron chi connectivity index (χ0n) is 9.53. The highest BCUT2D eigenvalue weighted by molar-refractivity contribution is 7.89. The lowest BCUT2D eigenvalue weighted by Gasteiger charge is -2.00. The van der Waals surface area contributed by atoms with Gasteiger partial charge in [0.25, 0.3) is 0 Å². The van der Waals surface area contributed by atoms with E-state index in [-0.39, 0.29) is 12.3 Å². The van der Waals surface area contributed by atoms with Gasteiger partial charge in [0.1, 0.15) is 0 Å². The van der Waals surface area contributed by atoms with Gasteiger partial charge in [-0.15, -0.1) is 0 Å². The highest BCUT2D eigenvalue weighted by atomic mass is 35.5. The molecule has 0 unspecified atom stereocenters. The minimum Gasteiger partial charge on any atom is -0.212 e. The summed E-state index contributed by atoms with van der Waals surface area (Å²) in [6.45, 7) is 1.94. The summed E-state index contributed by atoms with van der Waals surface area (Å²) >= 11 is 5.79. The second kappa shape index (κ2) is 6.65. The van der Waals surface area contributed by atoms with Crippen LogP contribution in [0.4, 0.5) is 0 Å². The zero-order chi connectivity index (χ0) is 12.7. The first-order valence-corrected chi connectivity index (χ1v) is 7.28. The average molecular weight is 272 g/mol. The summed E-state index contributed by atoms with van der Waals surface area (Å²) in [6, 6.07) is 7.11. The molecule has 17 heavy (non-hydrogen) atoms. The van der Waals surface area contributed by atoms with Crippen LogP contribution >= 0.6 is 11.6 Å². The molecule has 0 aromatic heterocycles. The Morgan fingerprint density at radius 3 is 2.82 bits per heavy atom. The Balaban J connectivity index is 2.53. The van der Waals surface area contributed by atoms with Gasteiger partial charge in [-0.25, -0.2) is 13.1 Å². The fourth-order valence-corrected chi connectivity index (χ4v) is 2.36. The first kappa shape index (κ1) is 14.0. The van der Waals surface area contributed by atoms with Crippen LogP contribution in [0.5, 0.6) is 0 Å². The molecule has 3 nitrogen and oxygen atoms in total. The predicted molar refractivity (Wildman–Crippen MR) is 70.4 cm³/mol. The lowest BCUT2D eigenvalue weighted by molar-refractivity contribution is 0.584. The van der Waals surface area contributed by atoms with Gasteiger partial charge in [0.2, 0.25) is 10.0 Å². The Hall–Kier alpha value is -1.02. The predicted octanol–water partition coefficient (Wildman–Crippen LogP) is 2.02. The third-order valence-electron chi connectivity index (χ3n) is 1.91. The van der Waals surface area contributed by atoms with E-state index in [4.69, 9.17) is 11.6 Å². The second-order valence-electron chi connectivity index (χ2n) is 3.45. The van der Waals surface area contributed by atoms with Gasteiger partial charge in [-0.3, -0.25) is 0 Å². The number of nitrogens with one attached hydrogen (secondary N) is 1. The van der Waals surface area contributed by atoms with Crippen LogP contribution in [0, 0.1) is 11.8 Å². The first-order valence-electron chi connectivity index (χ1n) is 5.25. The maximum absolute atomic E-state index is 11.3. The van der Waals surface area contributed by atoms with Crippen molar-refractivity contribution in [2.75, 3.05) is 12.3 Å². The zero-order valence-corrected chi connectivity index (χ0v) is 11.1. The molecule has 0 atom stereocenters. The van der Waals surface area contributed by atoms with Crippen LogP contribution in [0.15, 0.2) is 24.3 Å². The molecule has 0 fully saturated rings. The van der Waals surface area contributed by atoms with Gasteiger partial charge < -0.3 is 0 Å². The molecule has 1 N–H and O–H groups in total. The van der Waals surface area contributed by atoms with Crippen molar-refractivity contribution < 1.29 is 8.42 Å². The van der Waals surface area contributed by atoms with Gasteiger partial charge in [-0.2, -0.15) is 0 Å². The van der Waals surface area contributed by atoms with Crippen molar-refractivity contribution in [2.45, 2.75) is 13.3 Å². The topological polar surface area (TPSA) is 46.2 Å². The van der Waals surface area contributed by atoms with E-state index in [1.54, 1.807) is 18.2 Å². The van der Waals surface area contributed by atoms with Crippen molar-refractivity contribution in [1.29, 1.82) is 0 Å². The minimum absolute atomic E-state index is 0.120. The molecule has 0 saturated carbocycles. The van der Waals surface area contributed by atoms with Crippen molar-refractivity contribution in [3.63, 3.8) is 0 Å². The molecular formula is C12H14ClNO2S. The SMILES string of the molecule is CCCS(=O)(=O)NCC#Cc1cccc(Cl)c1. The number of hydrogen-bond donors (Lipinski definition) is 1. The van der Waals surface area contributed by atoms with Crippen LogP contribution in [-0.4, -0.2) is 20.7 Å². The van der Waals surface area contributed by atoms with Crippen molar-refractivity contribution in [3.05, 3.63) is 34.9 Å². The van der Waals surface area contributed by atoms with Gasteiger partial charge in [0.15, 0.2) is 0 Å². The fourth-order valence-electron chi connectivity index (χ4n) is 1.20. The lowest BCUT2D eigenvalue weighted by atomic mass is 10.2. The average Bonchev–Trinajstić information content (AvgIpc) is 2.24. The quantitative estimate of drug-likeness (QED) is 0.852. The fraction of sp³-hybridized carbons (Fsp3) is 0.333. The van der Waals surface area contributed by atoms with Crippen LogP contribution in [0.3, 0.4) is 0 Å². The van der Waals surface area contributed by atoms with E-state index in [1.165, 1.54) is 0 Å². The first-order chi connectivity index (χ1) is 8.03. The second-order valence-corrected chi connectivity index (χ2v) is 5.81. The Kier molecular flexibility index (Phi) is 5.49. The van der Waals surface area contributed by atoms with Crippen LogP contribution in [-0.2, 0) is 10.0 Å². The van der Waals surface area contributed by atoms with Gasteiger partial charge in [-0.05, 0) is 24.6 Å². The van der Waals surface area contributed by atoms with Crippen LogP contribution in [0.2, 0.25) is 5.02 Å². The number of rotatable bonds is 4. The van der Waals surface area contributed by atoms with Crippen molar-refractivity contribution >= 4 is 21.6 Å². The normalized spacial score (nSPS) is 10.7. The third kappa shape index (κ3) is 5.73. The van der Waals surface area contributed by atoms with Crippen LogP contribution in [0.25, 0.3) is 0 Å². The molecule has 1 aromatic carbocycles. The lowest BCUT2D eigenvalue weighted by Crippen LogP contribution is -2.26. The van der Waals surface area contributed by atoms with E-state index in [0.717, 1.165) is 5.56 Å². The van der Waals surface area contributed by atoms with Gasteiger partial charge in [0.05, 0.1) is 12.3 Å². The molecule has 0 bridgehead atoms. The monoisotopic (exact) mass is 271 g/mol. The number of sulfonamides is 1. The molecule has 92 valence electrons. The van der Waals surface area contributed by atoms with E-state index < -0.39 is 10.0 Å². The molecule has 0 heterocycles. The minimum atomic E-state index is -3.17. The van der Waals surface area contributed by atoms with E-state index in [1.807, 2.05) is 13.0 Å². The molecule has 0 amide bonds. The molecule has 0 spiro atoms. The molecule has 1 rings (SSSR count). The summed E-state index contributed by atoms with van der Waals surface area (Å²) in [7, 11) is -3.17. The number of halogens is 1. The van der Waals surface area contributed by atoms with E-state index in [0.29, 0.717) is 11.4 Å². The molecule has 5 heteroatoms. The molecule has 0 saturated heterocycles. The highest BCUT2D eigenvalue weighted by Crippen LogP contribution is 2.09. The summed E-state index contributed by atoms with van der Waals surface area (Å²) < 4.78 is 25.0. The van der Waals surface area contributed by atoms with E-state index in [2.05, 4.69) is 16.6 Å². The van der Waals surface area contributed by atoms with Crippen molar-refractivity contribution in [1.82, 2.24) is 4.72 Å². The van der Waals surface area contributed by atoms with Crippen LogP contribution < -0.4 is 4.72 Å². The highest BCUT2D eigenvalue weighted by Gasteiger charge is 2.05.